The number of amides is 1. The van der Waals surface area contributed by atoms with Crippen LogP contribution < -0.4 is 15.8 Å². The summed E-state index contributed by atoms with van der Waals surface area (Å²) in [6.07, 6.45) is 3.43. The first-order chi connectivity index (χ1) is 15.1. The second-order valence-electron chi connectivity index (χ2n) is 7.79. The highest BCUT2D eigenvalue weighted by molar-refractivity contribution is 6.31. The molecule has 160 valence electrons. The first-order valence-electron chi connectivity index (χ1n) is 10.5. The summed E-state index contributed by atoms with van der Waals surface area (Å²) in [4.78, 5) is 27.4. The maximum absolute atomic E-state index is 12.7. The zero-order chi connectivity index (χ0) is 21.6. The summed E-state index contributed by atoms with van der Waals surface area (Å²) < 4.78 is 1.45. The molecule has 0 saturated carbocycles. The van der Waals surface area contributed by atoms with Gasteiger partial charge in [-0.05, 0) is 30.0 Å². The Morgan fingerprint density at radius 2 is 1.90 bits per heavy atom. The fraction of sp³-hybridized carbons (Fsp3) is 0.292. The van der Waals surface area contributed by atoms with Crippen molar-refractivity contribution in [2.75, 3.05) is 18.0 Å². The number of hydrogen-bond donors (Lipinski definition) is 1. The number of piperidine rings is 1. The van der Waals surface area contributed by atoms with Crippen LogP contribution in [-0.2, 0) is 17.9 Å². The number of benzene rings is 2. The predicted molar refractivity (Wildman–Crippen MR) is 122 cm³/mol. The van der Waals surface area contributed by atoms with Gasteiger partial charge in [-0.25, -0.2) is 4.68 Å². The van der Waals surface area contributed by atoms with E-state index in [0.29, 0.717) is 24.7 Å². The standard InChI is InChI=1S/C24H25ClN4O2/c25-22-11-5-4-9-19(22)14-26-24(31)20-10-6-12-28(17-20)21-13-23(30)29(27-15-21)16-18-7-2-1-3-8-18/h1-5,7-9,11,13,15,20H,6,10,12,14,16-17H2,(H,26,31)/t20-/m0/s1. The summed E-state index contributed by atoms with van der Waals surface area (Å²) in [6.45, 7) is 2.22. The maximum atomic E-state index is 12.7. The average molecular weight is 437 g/mol. The van der Waals surface area contributed by atoms with Crippen LogP contribution in [0.1, 0.15) is 24.0 Å². The normalized spacial score (nSPS) is 16.2. The smallest absolute Gasteiger partial charge is 0.269 e. The highest BCUT2D eigenvalue weighted by atomic mass is 35.5. The number of rotatable bonds is 6. The molecule has 0 bridgehead atoms. The van der Waals surface area contributed by atoms with Crippen molar-refractivity contribution in [3.63, 3.8) is 0 Å². The largest absolute Gasteiger partial charge is 0.369 e. The van der Waals surface area contributed by atoms with Gasteiger partial charge in [0.2, 0.25) is 5.91 Å². The molecule has 0 spiro atoms. The SMILES string of the molecule is O=C(NCc1ccccc1Cl)[C@H]1CCCN(c2cnn(Cc3ccccc3)c(=O)c2)C1. The van der Waals surface area contributed by atoms with Gasteiger partial charge in [-0.2, -0.15) is 5.10 Å². The monoisotopic (exact) mass is 436 g/mol. The summed E-state index contributed by atoms with van der Waals surface area (Å²) >= 11 is 6.18. The average Bonchev–Trinajstić information content (AvgIpc) is 2.80. The summed E-state index contributed by atoms with van der Waals surface area (Å²) in [5.41, 5.74) is 2.54. The van der Waals surface area contributed by atoms with Crippen LogP contribution in [0.5, 0.6) is 0 Å². The van der Waals surface area contributed by atoms with Gasteiger partial charge in [0.05, 0.1) is 24.3 Å². The van der Waals surface area contributed by atoms with Gasteiger partial charge < -0.3 is 10.2 Å². The highest BCUT2D eigenvalue weighted by Gasteiger charge is 2.26. The van der Waals surface area contributed by atoms with Crippen LogP contribution in [0.4, 0.5) is 5.69 Å². The molecule has 1 aliphatic heterocycles. The van der Waals surface area contributed by atoms with Crippen LogP contribution >= 0.6 is 11.6 Å². The fourth-order valence-electron chi connectivity index (χ4n) is 3.87. The second-order valence-corrected chi connectivity index (χ2v) is 8.20. The minimum Gasteiger partial charge on any atom is -0.369 e. The lowest BCUT2D eigenvalue weighted by Gasteiger charge is -2.33. The van der Waals surface area contributed by atoms with Crippen LogP contribution in [0.15, 0.2) is 71.7 Å². The van der Waals surface area contributed by atoms with E-state index in [-0.39, 0.29) is 17.4 Å². The first kappa shape index (κ1) is 21.1. The number of anilines is 1. The van der Waals surface area contributed by atoms with Gasteiger partial charge in [-0.1, -0.05) is 60.1 Å². The zero-order valence-electron chi connectivity index (χ0n) is 17.2. The summed E-state index contributed by atoms with van der Waals surface area (Å²) in [5.74, 6) is -0.127. The lowest BCUT2D eigenvalue weighted by molar-refractivity contribution is -0.125. The summed E-state index contributed by atoms with van der Waals surface area (Å²) in [7, 11) is 0. The Labute approximate surface area is 186 Å². The Morgan fingerprint density at radius 1 is 1.13 bits per heavy atom. The van der Waals surface area contributed by atoms with Crippen molar-refractivity contribution in [2.45, 2.75) is 25.9 Å². The van der Waals surface area contributed by atoms with E-state index in [2.05, 4.69) is 15.3 Å². The van der Waals surface area contributed by atoms with E-state index in [9.17, 15) is 9.59 Å². The Morgan fingerprint density at radius 3 is 2.68 bits per heavy atom. The molecule has 1 saturated heterocycles. The molecular weight excluding hydrogens is 412 g/mol. The number of halogens is 1. The van der Waals surface area contributed by atoms with Crippen molar-refractivity contribution in [3.05, 3.63) is 93.4 Å². The highest BCUT2D eigenvalue weighted by Crippen LogP contribution is 2.22. The minimum absolute atomic E-state index is 0.00926. The lowest BCUT2D eigenvalue weighted by Crippen LogP contribution is -2.43. The molecular formula is C24H25ClN4O2. The van der Waals surface area contributed by atoms with Crippen LogP contribution in [0.3, 0.4) is 0 Å². The molecule has 1 aromatic heterocycles. The van der Waals surface area contributed by atoms with Gasteiger partial charge in [0, 0.05) is 30.7 Å². The number of aromatic nitrogens is 2. The maximum Gasteiger partial charge on any atom is 0.269 e. The molecule has 1 fully saturated rings. The molecule has 3 aromatic rings. The molecule has 0 radical (unpaired) electrons. The van der Waals surface area contributed by atoms with Crippen molar-refractivity contribution in [1.82, 2.24) is 15.1 Å². The third-order valence-electron chi connectivity index (χ3n) is 5.60. The Bertz CT molecular complexity index is 1100. The van der Waals surface area contributed by atoms with Crippen molar-refractivity contribution < 1.29 is 4.79 Å². The van der Waals surface area contributed by atoms with Gasteiger partial charge in [-0.15, -0.1) is 0 Å². The molecule has 31 heavy (non-hydrogen) atoms. The van der Waals surface area contributed by atoms with E-state index in [1.807, 2.05) is 54.6 Å². The van der Waals surface area contributed by atoms with Crippen LogP contribution in [-0.4, -0.2) is 28.8 Å². The number of hydrogen-bond acceptors (Lipinski definition) is 4. The van der Waals surface area contributed by atoms with Gasteiger partial charge in [0.25, 0.3) is 5.56 Å². The molecule has 6 nitrogen and oxygen atoms in total. The number of carbonyl (C=O) groups excluding carboxylic acids is 1. The third-order valence-corrected chi connectivity index (χ3v) is 5.97. The zero-order valence-corrected chi connectivity index (χ0v) is 18.0. The lowest BCUT2D eigenvalue weighted by atomic mass is 9.96. The minimum atomic E-state index is -0.147. The molecule has 4 rings (SSSR count). The van der Waals surface area contributed by atoms with E-state index >= 15 is 0 Å². The fourth-order valence-corrected chi connectivity index (χ4v) is 4.07. The van der Waals surface area contributed by atoms with Crippen molar-refractivity contribution in [1.29, 1.82) is 0 Å². The summed E-state index contributed by atoms with van der Waals surface area (Å²) in [5, 5.41) is 8.00. The molecule has 1 N–H and O–H groups in total. The molecule has 1 aliphatic rings. The number of carbonyl (C=O) groups is 1. The Kier molecular flexibility index (Phi) is 6.67. The van der Waals surface area contributed by atoms with Crippen LogP contribution in [0, 0.1) is 5.92 Å². The quantitative estimate of drug-likeness (QED) is 0.642. The molecule has 2 aromatic carbocycles. The molecule has 0 aliphatic carbocycles. The van der Waals surface area contributed by atoms with E-state index in [0.717, 1.165) is 36.2 Å². The van der Waals surface area contributed by atoms with Crippen molar-refractivity contribution in [3.8, 4) is 0 Å². The van der Waals surface area contributed by atoms with E-state index in [1.54, 1.807) is 12.3 Å². The third kappa shape index (κ3) is 5.33. The van der Waals surface area contributed by atoms with Gasteiger partial charge >= 0.3 is 0 Å². The van der Waals surface area contributed by atoms with E-state index in [4.69, 9.17) is 11.6 Å². The molecule has 1 amide bonds. The number of nitrogens with one attached hydrogen (secondary N) is 1. The Balaban J connectivity index is 1.39. The van der Waals surface area contributed by atoms with Gasteiger partial charge in [-0.3, -0.25) is 9.59 Å². The topological polar surface area (TPSA) is 67.2 Å². The van der Waals surface area contributed by atoms with Crippen LogP contribution in [0.25, 0.3) is 0 Å². The van der Waals surface area contributed by atoms with E-state index in [1.165, 1.54) is 4.68 Å². The van der Waals surface area contributed by atoms with Crippen LogP contribution in [0.2, 0.25) is 5.02 Å². The van der Waals surface area contributed by atoms with Gasteiger partial charge in [0.1, 0.15) is 0 Å². The second kappa shape index (κ2) is 9.79. The molecule has 2 heterocycles. The number of nitrogens with zero attached hydrogens (tertiary/aromatic N) is 3. The van der Waals surface area contributed by atoms with Crippen molar-refractivity contribution in [2.24, 2.45) is 5.92 Å². The summed E-state index contributed by atoms with van der Waals surface area (Å²) in [6, 6.07) is 18.9. The van der Waals surface area contributed by atoms with E-state index < -0.39 is 0 Å². The van der Waals surface area contributed by atoms with Gasteiger partial charge in [0.15, 0.2) is 0 Å². The first-order valence-corrected chi connectivity index (χ1v) is 10.8. The van der Waals surface area contributed by atoms with Crippen molar-refractivity contribution >= 4 is 23.2 Å². The molecule has 0 unspecified atom stereocenters. The Hall–Kier alpha value is -3.12. The molecule has 1 atom stereocenters. The predicted octanol–water partition coefficient (Wildman–Crippen LogP) is 3.48. The molecule has 7 heteroatoms.